The maximum absolute atomic E-state index is 12.2. The Balaban J connectivity index is 1.51. The molecule has 2 fully saturated rings. The molecule has 4 rings (SSSR count). The summed E-state index contributed by atoms with van der Waals surface area (Å²) in [5.41, 5.74) is 2.44. The van der Waals surface area contributed by atoms with Crippen molar-refractivity contribution in [1.82, 2.24) is 14.2 Å². The molecule has 2 aliphatic heterocycles. The van der Waals surface area contributed by atoms with E-state index in [1.54, 1.807) is 4.31 Å². The molecule has 0 amide bonds. The first-order valence-corrected chi connectivity index (χ1v) is 11.4. The van der Waals surface area contributed by atoms with Gasteiger partial charge < -0.3 is 0 Å². The summed E-state index contributed by atoms with van der Waals surface area (Å²) in [6, 6.07) is 16.5. The van der Waals surface area contributed by atoms with E-state index in [2.05, 4.69) is 40.2 Å². The molecule has 0 N–H and O–H groups in total. The molecule has 0 bridgehead atoms. The van der Waals surface area contributed by atoms with Crippen LogP contribution < -0.4 is 0 Å². The molecule has 2 aromatic rings. The molecular weight excluding hydrogens is 358 g/mol. The number of pyridine rings is 1. The molecular formula is C21H27N3O2S. The predicted molar refractivity (Wildman–Crippen MR) is 107 cm³/mol. The third-order valence-corrected chi connectivity index (χ3v) is 7.35. The Kier molecular flexibility index (Phi) is 5.05. The van der Waals surface area contributed by atoms with Gasteiger partial charge in [0.2, 0.25) is 10.0 Å². The molecule has 3 heterocycles. The van der Waals surface area contributed by atoms with E-state index in [1.807, 2.05) is 24.4 Å². The standard InChI is InChI=1S/C21H27N3O2S/c1-27(25,26)24-14-19-13-23(15-20-9-5-6-12-22-20)16-21(19,17-24)11-10-18-7-3-2-4-8-18/h2-9,12,19H,10-11,13-17H2,1H3/t19-,21+/m0/s1. The molecule has 0 spiro atoms. The van der Waals surface area contributed by atoms with E-state index in [0.29, 0.717) is 19.0 Å². The van der Waals surface area contributed by atoms with Gasteiger partial charge in [0, 0.05) is 44.3 Å². The van der Waals surface area contributed by atoms with Gasteiger partial charge in [-0.05, 0) is 36.5 Å². The highest BCUT2D eigenvalue weighted by molar-refractivity contribution is 7.88. The summed E-state index contributed by atoms with van der Waals surface area (Å²) in [5, 5.41) is 0. The van der Waals surface area contributed by atoms with Crippen LogP contribution in [0.4, 0.5) is 0 Å². The van der Waals surface area contributed by atoms with Crippen LogP contribution in [0.5, 0.6) is 0 Å². The van der Waals surface area contributed by atoms with Crippen LogP contribution in [0, 0.1) is 11.3 Å². The lowest BCUT2D eigenvalue weighted by Gasteiger charge is -2.29. The molecule has 2 saturated heterocycles. The molecule has 0 radical (unpaired) electrons. The van der Waals surface area contributed by atoms with Crippen molar-refractivity contribution >= 4 is 10.0 Å². The maximum atomic E-state index is 12.2. The third kappa shape index (κ3) is 4.08. The van der Waals surface area contributed by atoms with Crippen LogP contribution in [0.1, 0.15) is 17.7 Å². The Hall–Kier alpha value is -1.76. The number of fused-ring (bicyclic) bond motifs is 1. The topological polar surface area (TPSA) is 53.5 Å². The summed E-state index contributed by atoms with van der Waals surface area (Å²) in [7, 11) is -3.14. The van der Waals surface area contributed by atoms with Crippen molar-refractivity contribution in [2.45, 2.75) is 19.4 Å². The molecule has 6 heteroatoms. The minimum atomic E-state index is -3.14. The van der Waals surface area contributed by atoms with Crippen molar-refractivity contribution < 1.29 is 8.42 Å². The van der Waals surface area contributed by atoms with E-state index in [0.717, 1.165) is 38.2 Å². The molecule has 1 aromatic heterocycles. The zero-order valence-electron chi connectivity index (χ0n) is 15.8. The molecule has 144 valence electrons. The minimum Gasteiger partial charge on any atom is -0.297 e. The van der Waals surface area contributed by atoms with Crippen LogP contribution in [0.2, 0.25) is 0 Å². The van der Waals surface area contributed by atoms with Crippen molar-refractivity contribution in [1.29, 1.82) is 0 Å². The summed E-state index contributed by atoms with van der Waals surface area (Å²) in [6.45, 7) is 4.00. The molecule has 0 aliphatic carbocycles. The van der Waals surface area contributed by atoms with E-state index >= 15 is 0 Å². The molecule has 0 unspecified atom stereocenters. The maximum Gasteiger partial charge on any atom is 0.211 e. The van der Waals surface area contributed by atoms with Gasteiger partial charge >= 0.3 is 0 Å². The van der Waals surface area contributed by atoms with E-state index < -0.39 is 10.0 Å². The van der Waals surface area contributed by atoms with Crippen LogP contribution in [-0.4, -0.2) is 55.0 Å². The first kappa shape index (κ1) is 18.6. The minimum absolute atomic E-state index is 0.0354. The quantitative estimate of drug-likeness (QED) is 0.766. The molecule has 5 nitrogen and oxygen atoms in total. The smallest absolute Gasteiger partial charge is 0.211 e. The first-order valence-electron chi connectivity index (χ1n) is 9.56. The van der Waals surface area contributed by atoms with Crippen LogP contribution in [-0.2, 0) is 23.0 Å². The number of hydrogen-bond acceptors (Lipinski definition) is 4. The van der Waals surface area contributed by atoms with Crippen molar-refractivity contribution in [3.8, 4) is 0 Å². The van der Waals surface area contributed by atoms with Crippen molar-refractivity contribution in [3.63, 3.8) is 0 Å². The Morgan fingerprint density at radius 3 is 2.56 bits per heavy atom. The van der Waals surface area contributed by atoms with Gasteiger partial charge in [-0.15, -0.1) is 0 Å². The van der Waals surface area contributed by atoms with Gasteiger partial charge in [-0.3, -0.25) is 9.88 Å². The second kappa shape index (κ2) is 7.34. The fourth-order valence-corrected chi connectivity index (χ4v) is 5.67. The monoisotopic (exact) mass is 385 g/mol. The Morgan fingerprint density at radius 1 is 1.07 bits per heavy atom. The summed E-state index contributed by atoms with van der Waals surface area (Å²) < 4.78 is 26.0. The second-order valence-corrected chi connectivity index (χ2v) is 10.1. The van der Waals surface area contributed by atoms with Gasteiger partial charge in [-0.2, -0.15) is 0 Å². The fourth-order valence-electron chi connectivity index (χ4n) is 4.73. The number of sulfonamides is 1. The number of rotatable bonds is 6. The van der Waals surface area contributed by atoms with Gasteiger partial charge in [0.15, 0.2) is 0 Å². The van der Waals surface area contributed by atoms with E-state index in [-0.39, 0.29) is 5.41 Å². The summed E-state index contributed by atoms with van der Waals surface area (Å²) in [6.07, 6.45) is 5.19. The lowest BCUT2D eigenvalue weighted by molar-refractivity contribution is 0.223. The Bertz CT molecular complexity index is 873. The summed E-state index contributed by atoms with van der Waals surface area (Å²) >= 11 is 0. The number of aromatic nitrogens is 1. The first-order chi connectivity index (χ1) is 12.9. The van der Waals surface area contributed by atoms with Crippen LogP contribution >= 0.6 is 0 Å². The average Bonchev–Trinajstić information content (AvgIpc) is 3.15. The zero-order valence-corrected chi connectivity index (χ0v) is 16.6. The fraction of sp³-hybridized carbons (Fsp3) is 0.476. The number of benzene rings is 1. The van der Waals surface area contributed by atoms with Gasteiger partial charge in [0.05, 0.1) is 11.9 Å². The Labute approximate surface area is 162 Å². The second-order valence-electron chi connectivity index (χ2n) is 8.09. The van der Waals surface area contributed by atoms with Crippen molar-refractivity contribution in [2.75, 3.05) is 32.4 Å². The normalized spacial score (nSPS) is 26.3. The van der Waals surface area contributed by atoms with Crippen LogP contribution in [0.25, 0.3) is 0 Å². The van der Waals surface area contributed by atoms with Crippen LogP contribution in [0.15, 0.2) is 54.7 Å². The lowest BCUT2D eigenvalue weighted by atomic mass is 9.76. The molecule has 2 aliphatic rings. The van der Waals surface area contributed by atoms with Gasteiger partial charge in [0.25, 0.3) is 0 Å². The SMILES string of the molecule is CS(=O)(=O)N1C[C@@H]2CN(Cc3ccccn3)C[C@]2(CCc2ccccc2)C1. The summed E-state index contributed by atoms with van der Waals surface area (Å²) in [5.74, 6) is 0.389. The highest BCUT2D eigenvalue weighted by Crippen LogP contribution is 2.46. The largest absolute Gasteiger partial charge is 0.297 e. The van der Waals surface area contributed by atoms with E-state index in [4.69, 9.17) is 0 Å². The van der Waals surface area contributed by atoms with Gasteiger partial charge in [-0.1, -0.05) is 36.4 Å². The third-order valence-electron chi connectivity index (χ3n) is 6.13. The predicted octanol–water partition coefficient (Wildman–Crippen LogP) is 2.41. The highest BCUT2D eigenvalue weighted by atomic mass is 32.2. The lowest BCUT2D eigenvalue weighted by Crippen LogP contribution is -2.36. The van der Waals surface area contributed by atoms with Gasteiger partial charge in [0.1, 0.15) is 0 Å². The van der Waals surface area contributed by atoms with E-state index in [1.165, 1.54) is 11.8 Å². The highest BCUT2D eigenvalue weighted by Gasteiger charge is 2.53. The summed E-state index contributed by atoms with van der Waals surface area (Å²) in [4.78, 5) is 6.91. The van der Waals surface area contributed by atoms with Crippen molar-refractivity contribution in [2.24, 2.45) is 11.3 Å². The molecule has 2 atom stereocenters. The number of likely N-dealkylation sites (tertiary alicyclic amines) is 1. The van der Waals surface area contributed by atoms with Crippen LogP contribution in [0.3, 0.4) is 0 Å². The Morgan fingerprint density at radius 2 is 1.85 bits per heavy atom. The number of aryl methyl sites for hydroxylation is 1. The van der Waals surface area contributed by atoms with E-state index in [9.17, 15) is 8.42 Å². The molecule has 0 saturated carbocycles. The molecule has 27 heavy (non-hydrogen) atoms. The number of hydrogen-bond donors (Lipinski definition) is 0. The average molecular weight is 386 g/mol. The zero-order chi connectivity index (χ0) is 18.9. The molecule has 1 aromatic carbocycles. The van der Waals surface area contributed by atoms with Crippen molar-refractivity contribution in [3.05, 3.63) is 66.0 Å². The van der Waals surface area contributed by atoms with Gasteiger partial charge in [-0.25, -0.2) is 12.7 Å². The number of nitrogens with zero attached hydrogens (tertiary/aromatic N) is 3.